The highest BCUT2D eigenvalue weighted by Crippen LogP contribution is 2.11. The van der Waals surface area contributed by atoms with Crippen LogP contribution in [0.25, 0.3) is 11.0 Å². The van der Waals surface area contributed by atoms with E-state index in [0.717, 1.165) is 16.9 Å². The molecule has 0 bridgehead atoms. The molecule has 3 rings (SSSR count). The van der Waals surface area contributed by atoms with Gasteiger partial charge >= 0.3 is 0 Å². The molecule has 0 saturated carbocycles. The maximum atomic E-state index is 11.9. The molecule has 2 aromatic carbocycles. The van der Waals surface area contributed by atoms with Crippen LogP contribution < -0.4 is 10.9 Å². The van der Waals surface area contributed by atoms with Gasteiger partial charge in [0.2, 0.25) is 5.91 Å². The topological polar surface area (TPSA) is 86.9 Å². The van der Waals surface area contributed by atoms with E-state index in [-0.39, 0.29) is 12.3 Å². The fraction of sp³-hybridized carbons (Fsp3) is 0.118. The number of imidazole rings is 1. The number of halogens is 1. The van der Waals surface area contributed by atoms with E-state index in [4.69, 9.17) is 11.6 Å². The second kappa shape index (κ2) is 7.14. The Morgan fingerprint density at radius 2 is 1.79 bits per heavy atom. The quantitative estimate of drug-likeness (QED) is 0.637. The Labute approximate surface area is 143 Å². The number of carbonyl (C=O) groups excluding carboxylic acids is 2. The minimum absolute atomic E-state index is 0.209. The molecule has 0 aliphatic rings. The lowest BCUT2D eigenvalue weighted by molar-refractivity contribution is -0.121. The van der Waals surface area contributed by atoms with Crippen molar-refractivity contribution in [3.8, 4) is 0 Å². The van der Waals surface area contributed by atoms with Crippen LogP contribution in [0.2, 0.25) is 5.02 Å². The van der Waals surface area contributed by atoms with Gasteiger partial charge in [0.05, 0.1) is 11.0 Å². The average Bonchev–Trinajstić information content (AvgIpc) is 3.01. The van der Waals surface area contributed by atoms with Gasteiger partial charge in [-0.05, 0) is 36.4 Å². The molecule has 0 aliphatic heterocycles. The zero-order chi connectivity index (χ0) is 16.9. The Bertz CT molecular complexity index is 841. The molecule has 1 heterocycles. The number of hydrogen-bond donors (Lipinski definition) is 3. The first kappa shape index (κ1) is 16.0. The van der Waals surface area contributed by atoms with E-state index in [0.29, 0.717) is 17.0 Å². The summed E-state index contributed by atoms with van der Waals surface area (Å²) in [7, 11) is 0. The lowest BCUT2D eigenvalue weighted by Gasteiger charge is -2.07. The molecule has 1 aromatic heterocycles. The smallest absolute Gasteiger partial charge is 0.269 e. The standard InChI is InChI=1S/C17H15ClN4O2/c18-12-7-5-11(6-8-12)17(24)22-21-16(23)10-9-15-19-13-3-1-2-4-14(13)20-15/h1-8H,9-10H2,(H,19,20)(H,21,23)(H,22,24). The molecule has 7 heteroatoms. The summed E-state index contributed by atoms with van der Waals surface area (Å²) in [5.41, 5.74) is 6.97. The zero-order valence-corrected chi connectivity index (χ0v) is 13.4. The third kappa shape index (κ3) is 3.91. The lowest BCUT2D eigenvalue weighted by Crippen LogP contribution is -2.41. The van der Waals surface area contributed by atoms with Gasteiger partial charge in [0.25, 0.3) is 5.91 Å². The number of hydrogen-bond acceptors (Lipinski definition) is 3. The number of carbonyl (C=O) groups is 2. The Morgan fingerprint density at radius 3 is 2.54 bits per heavy atom. The highest BCUT2D eigenvalue weighted by atomic mass is 35.5. The highest BCUT2D eigenvalue weighted by molar-refractivity contribution is 6.30. The van der Waals surface area contributed by atoms with Crippen molar-refractivity contribution in [2.45, 2.75) is 12.8 Å². The Morgan fingerprint density at radius 1 is 1.04 bits per heavy atom. The summed E-state index contributed by atoms with van der Waals surface area (Å²) < 4.78 is 0. The van der Waals surface area contributed by atoms with Crippen molar-refractivity contribution in [1.29, 1.82) is 0 Å². The maximum absolute atomic E-state index is 11.9. The molecule has 0 unspecified atom stereocenters. The first-order chi connectivity index (χ1) is 11.6. The van der Waals surface area contributed by atoms with Crippen molar-refractivity contribution in [1.82, 2.24) is 20.8 Å². The van der Waals surface area contributed by atoms with Crippen LogP contribution >= 0.6 is 11.6 Å². The van der Waals surface area contributed by atoms with E-state index in [1.54, 1.807) is 24.3 Å². The minimum atomic E-state index is -0.399. The number of amides is 2. The molecule has 24 heavy (non-hydrogen) atoms. The largest absolute Gasteiger partial charge is 0.342 e. The number of benzene rings is 2. The minimum Gasteiger partial charge on any atom is -0.342 e. The van der Waals surface area contributed by atoms with E-state index in [2.05, 4.69) is 20.8 Å². The van der Waals surface area contributed by atoms with Gasteiger partial charge < -0.3 is 4.98 Å². The van der Waals surface area contributed by atoms with Crippen molar-refractivity contribution in [2.75, 3.05) is 0 Å². The third-order valence-corrected chi connectivity index (χ3v) is 3.70. The summed E-state index contributed by atoms with van der Waals surface area (Å²) in [5, 5.41) is 0.543. The van der Waals surface area contributed by atoms with Gasteiger partial charge in [0, 0.05) is 23.4 Å². The SMILES string of the molecule is O=C(CCc1nc2ccccc2[nH]1)NNC(=O)c1ccc(Cl)cc1. The van der Waals surface area contributed by atoms with E-state index < -0.39 is 5.91 Å². The van der Waals surface area contributed by atoms with Crippen molar-refractivity contribution in [3.05, 3.63) is 64.9 Å². The second-order valence-corrected chi connectivity index (χ2v) is 5.65. The molecular formula is C17H15ClN4O2. The number of nitrogens with one attached hydrogen (secondary N) is 3. The molecule has 3 N–H and O–H groups in total. The third-order valence-electron chi connectivity index (χ3n) is 3.45. The van der Waals surface area contributed by atoms with Crippen LogP contribution in [-0.2, 0) is 11.2 Å². The maximum Gasteiger partial charge on any atom is 0.269 e. The van der Waals surface area contributed by atoms with Gasteiger partial charge in [-0.15, -0.1) is 0 Å². The second-order valence-electron chi connectivity index (χ2n) is 5.21. The number of para-hydroxylation sites is 2. The summed E-state index contributed by atoms with van der Waals surface area (Å²) in [6.07, 6.45) is 0.665. The van der Waals surface area contributed by atoms with Gasteiger partial charge in [-0.2, -0.15) is 0 Å². The molecular weight excluding hydrogens is 328 g/mol. The first-order valence-electron chi connectivity index (χ1n) is 7.40. The number of H-pyrrole nitrogens is 1. The van der Waals surface area contributed by atoms with Crippen molar-refractivity contribution >= 4 is 34.4 Å². The van der Waals surface area contributed by atoms with Crippen molar-refractivity contribution < 1.29 is 9.59 Å². The molecule has 0 aliphatic carbocycles. The number of fused-ring (bicyclic) bond motifs is 1. The van der Waals surface area contributed by atoms with E-state index in [1.807, 2.05) is 24.3 Å². The molecule has 0 spiro atoms. The lowest BCUT2D eigenvalue weighted by atomic mass is 10.2. The van der Waals surface area contributed by atoms with Crippen molar-refractivity contribution in [3.63, 3.8) is 0 Å². The summed E-state index contributed by atoms with van der Waals surface area (Å²) in [6.45, 7) is 0. The molecule has 0 atom stereocenters. The molecule has 2 amide bonds. The first-order valence-corrected chi connectivity index (χ1v) is 7.78. The fourth-order valence-electron chi connectivity index (χ4n) is 2.22. The summed E-state index contributed by atoms with van der Waals surface area (Å²) in [5.74, 6) is 0.0388. The number of aromatic nitrogens is 2. The summed E-state index contributed by atoms with van der Waals surface area (Å²) in [6, 6.07) is 14.0. The van der Waals surface area contributed by atoms with Crippen LogP contribution in [0.3, 0.4) is 0 Å². The normalized spacial score (nSPS) is 10.5. The monoisotopic (exact) mass is 342 g/mol. The van der Waals surface area contributed by atoms with Gasteiger partial charge in [0.1, 0.15) is 5.82 Å². The highest BCUT2D eigenvalue weighted by Gasteiger charge is 2.09. The van der Waals surface area contributed by atoms with Crippen LogP contribution in [0, 0.1) is 0 Å². The summed E-state index contributed by atoms with van der Waals surface area (Å²) >= 11 is 5.76. The summed E-state index contributed by atoms with van der Waals surface area (Å²) in [4.78, 5) is 31.3. The molecule has 122 valence electrons. The predicted molar refractivity (Wildman–Crippen MR) is 91.5 cm³/mol. The van der Waals surface area contributed by atoms with Gasteiger partial charge in [0.15, 0.2) is 0 Å². The number of rotatable bonds is 4. The van der Waals surface area contributed by atoms with Gasteiger partial charge in [-0.3, -0.25) is 20.4 Å². The molecule has 0 radical (unpaired) electrons. The van der Waals surface area contributed by atoms with Crippen molar-refractivity contribution in [2.24, 2.45) is 0 Å². The Balaban J connectivity index is 1.48. The van der Waals surface area contributed by atoms with Gasteiger partial charge in [-0.1, -0.05) is 23.7 Å². The molecule has 6 nitrogen and oxygen atoms in total. The van der Waals surface area contributed by atoms with Crippen LogP contribution in [0.1, 0.15) is 22.6 Å². The molecule has 0 saturated heterocycles. The molecule has 0 fully saturated rings. The fourth-order valence-corrected chi connectivity index (χ4v) is 2.34. The zero-order valence-electron chi connectivity index (χ0n) is 12.7. The Hall–Kier alpha value is -2.86. The van der Waals surface area contributed by atoms with Crippen LogP contribution in [-0.4, -0.2) is 21.8 Å². The molecule has 3 aromatic rings. The average molecular weight is 343 g/mol. The van der Waals surface area contributed by atoms with E-state index in [9.17, 15) is 9.59 Å². The number of aromatic amines is 1. The number of aryl methyl sites for hydroxylation is 1. The Kier molecular flexibility index (Phi) is 4.77. The van der Waals surface area contributed by atoms with E-state index in [1.165, 1.54) is 0 Å². The van der Waals surface area contributed by atoms with Crippen LogP contribution in [0.4, 0.5) is 0 Å². The van der Waals surface area contributed by atoms with Crippen LogP contribution in [0.5, 0.6) is 0 Å². The van der Waals surface area contributed by atoms with Crippen LogP contribution in [0.15, 0.2) is 48.5 Å². The van der Waals surface area contributed by atoms with E-state index >= 15 is 0 Å². The van der Waals surface area contributed by atoms with Gasteiger partial charge in [-0.25, -0.2) is 4.98 Å². The number of hydrazine groups is 1. The predicted octanol–water partition coefficient (Wildman–Crippen LogP) is 2.61. The number of nitrogens with zero attached hydrogens (tertiary/aromatic N) is 1.